The van der Waals surface area contributed by atoms with E-state index in [9.17, 15) is 18.0 Å². The Labute approximate surface area is 189 Å². The molecule has 0 aliphatic heterocycles. The molecule has 3 aromatic carbocycles. The predicted octanol–water partition coefficient (Wildman–Crippen LogP) is 6.83. The van der Waals surface area contributed by atoms with Gasteiger partial charge >= 0.3 is 6.18 Å². The first-order chi connectivity index (χ1) is 15.3. The largest absolute Gasteiger partial charge is 0.497 e. The third-order valence-corrected chi connectivity index (χ3v) is 5.35. The lowest BCUT2D eigenvalue weighted by Crippen LogP contribution is -2.16. The van der Waals surface area contributed by atoms with Crippen LogP contribution in [0.4, 0.5) is 13.2 Å². The second-order valence-corrected chi connectivity index (χ2v) is 7.85. The zero-order chi connectivity index (χ0) is 22.9. The molecule has 0 amide bonds. The highest BCUT2D eigenvalue weighted by molar-refractivity contribution is 9.10. The van der Waals surface area contributed by atoms with Gasteiger partial charge in [0.2, 0.25) is 11.2 Å². The molecule has 164 valence electrons. The van der Waals surface area contributed by atoms with Gasteiger partial charge in [0, 0.05) is 10.5 Å². The average molecular weight is 505 g/mol. The first kappa shape index (κ1) is 22.0. The van der Waals surface area contributed by atoms with Crippen molar-refractivity contribution in [2.75, 3.05) is 7.11 Å². The van der Waals surface area contributed by atoms with E-state index in [1.807, 2.05) is 24.3 Å². The zero-order valence-electron chi connectivity index (χ0n) is 16.7. The molecule has 0 aliphatic carbocycles. The van der Waals surface area contributed by atoms with Crippen LogP contribution in [0.3, 0.4) is 0 Å². The summed E-state index contributed by atoms with van der Waals surface area (Å²) in [4.78, 5) is 13.0. The summed E-state index contributed by atoms with van der Waals surface area (Å²) in [6.07, 6.45) is -4.86. The van der Waals surface area contributed by atoms with E-state index in [-0.39, 0.29) is 28.9 Å². The van der Waals surface area contributed by atoms with Crippen LogP contribution >= 0.6 is 15.9 Å². The third-order valence-electron chi connectivity index (χ3n) is 4.82. The Hall–Kier alpha value is -3.26. The third kappa shape index (κ3) is 4.50. The van der Waals surface area contributed by atoms with E-state index in [1.165, 1.54) is 49.6 Å². The van der Waals surface area contributed by atoms with Gasteiger partial charge in [0.15, 0.2) is 0 Å². The minimum atomic E-state index is -4.86. The fourth-order valence-corrected chi connectivity index (χ4v) is 3.49. The first-order valence-corrected chi connectivity index (χ1v) is 10.3. The molecule has 1 aromatic heterocycles. The maximum absolute atomic E-state index is 13.8. The Bertz CT molecular complexity index is 1310. The van der Waals surface area contributed by atoms with Crippen LogP contribution in [0.5, 0.6) is 11.5 Å². The normalized spacial score (nSPS) is 11.5. The summed E-state index contributed by atoms with van der Waals surface area (Å²) in [5.41, 5.74) is -0.558. The summed E-state index contributed by atoms with van der Waals surface area (Å²) < 4.78 is 58.2. The summed E-state index contributed by atoms with van der Waals surface area (Å²) in [6, 6.07) is 17.4. The molecular formula is C24H16BrF3O4. The van der Waals surface area contributed by atoms with Crippen LogP contribution < -0.4 is 14.9 Å². The van der Waals surface area contributed by atoms with E-state index in [2.05, 4.69) is 15.9 Å². The molecule has 4 aromatic rings. The minimum Gasteiger partial charge on any atom is -0.497 e. The number of methoxy groups -OCH3 is 1. The van der Waals surface area contributed by atoms with Crippen LogP contribution in [0.25, 0.3) is 22.1 Å². The van der Waals surface area contributed by atoms with E-state index in [0.717, 1.165) is 10.0 Å². The highest BCUT2D eigenvalue weighted by Crippen LogP contribution is 2.38. The van der Waals surface area contributed by atoms with Crippen LogP contribution in [0.2, 0.25) is 0 Å². The number of hydrogen-bond donors (Lipinski definition) is 0. The average Bonchev–Trinajstić information content (AvgIpc) is 2.78. The molecule has 0 unspecified atom stereocenters. The Morgan fingerprint density at radius 1 is 0.938 bits per heavy atom. The lowest BCUT2D eigenvalue weighted by atomic mass is 10.0. The molecule has 0 bridgehead atoms. The molecule has 0 spiro atoms. The van der Waals surface area contributed by atoms with Crippen molar-refractivity contribution in [3.63, 3.8) is 0 Å². The molecule has 0 saturated carbocycles. The summed E-state index contributed by atoms with van der Waals surface area (Å²) in [7, 11) is 1.44. The van der Waals surface area contributed by atoms with Crippen LogP contribution in [0, 0.1) is 0 Å². The smallest absolute Gasteiger partial charge is 0.450 e. The number of fused-ring (bicyclic) bond motifs is 1. The predicted molar refractivity (Wildman–Crippen MR) is 118 cm³/mol. The van der Waals surface area contributed by atoms with Gasteiger partial charge in [-0.05, 0) is 47.5 Å². The number of rotatable bonds is 5. The van der Waals surface area contributed by atoms with Crippen molar-refractivity contribution in [2.45, 2.75) is 12.8 Å². The molecule has 8 heteroatoms. The number of hydrogen-bond acceptors (Lipinski definition) is 4. The first-order valence-electron chi connectivity index (χ1n) is 9.46. The number of alkyl halides is 3. The molecule has 0 fully saturated rings. The SMILES string of the molecule is COc1ccc(-c2c(C(F)(F)F)oc3cc(OCc4ccc(Br)cc4)ccc3c2=O)cc1. The van der Waals surface area contributed by atoms with Gasteiger partial charge in [0.1, 0.15) is 23.7 Å². The Balaban J connectivity index is 1.76. The standard InChI is InChI=1S/C24H16BrF3O4/c1-30-17-8-4-15(5-9-17)21-22(29)19-11-10-18(12-20(19)32-23(21)24(26,27)28)31-13-14-2-6-16(25)7-3-14/h2-12H,13H2,1H3. The summed E-state index contributed by atoms with van der Waals surface area (Å²) >= 11 is 3.35. The van der Waals surface area contributed by atoms with E-state index in [4.69, 9.17) is 13.9 Å². The van der Waals surface area contributed by atoms with E-state index in [0.29, 0.717) is 5.75 Å². The fraction of sp³-hybridized carbons (Fsp3) is 0.125. The highest BCUT2D eigenvalue weighted by Gasteiger charge is 2.39. The van der Waals surface area contributed by atoms with Gasteiger partial charge in [0.25, 0.3) is 0 Å². The fourth-order valence-electron chi connectivity index (χ4n) is 3.23. The topological polar surface area (TPSA) is 48.7 Å². The van der Waals surface area contributed by atoms with Crippen LogP contribution in [0.15, 0.2) is 80.4 Å². The lowest BCUT2D eigenvalue weighted by molar-refractivity contribution is -0.152. The number of benzene rings is 3. The van der Waals surface area contributed by atoms with Crippen LogP contribution in [-0.2, 0) is 12.8 Å². The van der Waals surface area contributed by atoms with E-state index < -0.39 is 22.9 Å². The van der Waals surface area contributed by atoms with Crippen molar-refractivity contribution < 1.29 is 27.1 Å². The van der Waals surface area contributed by atoms with Crippen molar-refractivity contribution in [1.82, 2.24) is 0 Å². The quantitative estimate of drug-likeness (QED) is 0.299. The van der Waals surface area contributed by atoms with Gasteiger partial charge < -0.3 is 13.9 Å². The molecule has 0 radical (unpaired) electrons. The van der Waals surface area contributed by atoms with Gasteiger partial charge in [-0.15, -0.1) is 0 Å². The summed E-state index contributed by atoms with van der Waals surface area (Å²) in [5.74, 6) is -0.612. The molecule has 0 aliphatic rings. The van der Waals surface area contributed by atoms with Gasteiger partial charge in [-0.1, -0.05) is 40.2 Å². The van der Waals surface area contributed by atoms with Gasteiger partial charge in [-0.25, -0.2) is 0 Å². The summed E-state index contributed by atoms with van der Waals surface area (Å²) in [5, 5.41) is 0.0276. The van der Waals surface area contributed by atoms with Crippen molar-refractivity contribution in [2.24, 2.45) is 0 Å². The highest BCUT2D eigenvalue weighted by atomic mass is 79.9. The Morgan fingerprint density at radius 3 is 2.22 bits per heavy atom. The molecule has 0 atom stereocenters. The van der Waals surface area contributed by atoms with Gasteiger partial charge in [0.05, 0.1) is 18.1 Å². The molecule has 0 N–H and O–H groups in total. The Morgan fingerprint density at radius 2 is 1.59 bits per heavy atom. The van der Waals surface area contributed by atoms with Crippen molar-refractivity contribution in [3.8, 4) is 22.6 Å². The molecule has 1 heterocycles. The Kier molecular flexibility index (Phi) is 5.97. The van der Waals surface area contributed by atoms with Crippen LogP contribution in [-0.4, -0.2) is 7.11 Å². The molecule has 4 rings (SSSR count). The molecule has 32 heavy (non-hydrogen) atoms. The second-order valence-electron chi connectivity index (χ2n) is 6.93. The number of ether oxygens (including phenoxy) is 2. The molecule has 0 saturated heterocycles. The maximum Gasteiger partial charge on any atom is 0.450 e. The lowest BCUT2D eigenvalue weighted by Gasteiger charge is -2.14. The van der Waals surface area contributed by atoms with E-state index >= 15 is 0 Å². The maximum atomic E-state index is 13.8. The van der Waals surface area contributed by atoms with Gasteiger partial charge in [-0.3, -0.25) is 4.79 Å². The van der Waals surface area contributed by atoms with Crippen molar-refractivity contribution >= 4 is 26.9 Å². The molecular weight excluding hydrogens is 489 g/mol. The molecule has 4 nitrogen and oxygen atoms in total. The monoisotopic (exact) mass is 504 g/mol. The van der Waals surface area contributed by atoms with Crippen molar-refractivity contribution in [3.05, 3.63) is 92.7 Å². The minimum absolute atomic E-state index is 0.0276. The zero-order valence-corrected chi connectivity index (χ0v) is 18.3. The van der Waals surface area contributed by atoms with E-state index in [1.54, 1.807) is 0 Å². The second kappa shape index (κ2) is 8.70. The van der Waals surface area contributed by atoms with Crippen LogP contribution in [0.1, 0.15) is 11.3 Å². The van der Waals surface area contributed by atoms with Crippen molar-refractivity contribution in [1.29, 1.82) is 0 Å². The van der Waals surface area contributed by atoms with Gasteiger partial charge in [-0.2, -0.15) is 13.2 Å². The summed E-state index contributed by atoms with van der Waals surface area (Å²) in [6.45, 7) is 0.207. The number of halogens is 4.